The average molecular weight is 495 g/mol. The van der Waals surface area contributed by atoms with E-state index in [1.165, 1.54) is 6.92 Å². The number of nitrogens with one attached hydrogen (secondary N) is 5. The molecule has 0 heterocycles. The van der Waals surface area contributed by atoms with Gasteiger partial charge in [0, 0.05) is 13.1 Å². The molecule has 0 spiro atoms. The molecule has 5 atom stereocenters. The lowest BCUT2D eigenvalue weighted by Crippen LogP contribution is -2.61. The predicted molar refractivity (Wildman–Crippen MR) is 114 cm³/mol. The van der Waals surface area contributed by atoms with Crippen molar-refractivity contribution in [2.45, 2.75) is 30.8 Å². The van der Waals surface area contributed by atoms with Crippen LogP contribution in [0.25, 0.3) is 0 Å². The number of amides is 4. The summed E-state index contributed by atoms with van der Waals surface area (Å²) in [5, 5.41) is 58.8. The van der Waals surface area contributed by atoms with E-state index in [0.717, 1.165) is 0 Å². The van der Waals surface area contributed by atoms with Crippen LogP contribution in [-0.4, -0.2) is 125 Å². The van der Waals surface area contributed by atoms with Gasteiger partial charge >= 0.3 is 0 Å². The molecule has 0 aromatic heterocycles. The van der Waals surface area contributed by atoms with E-state index in [-0.39, 0.29) is 13.1 Å². The van der Waals surface area contributed by atoms with Gasteiger partial charge in [-0.1, -0.05) is 6.92 Å². The van der Waals surface area contributed by atoms with Gasteiger partial charge in [0.2, 0.25) is 23.6 Å². The fraction of sp³-hybridized carbons (Fsp3) is 0.722. The summed E-state index contributed by atoms with van der Waals surface area (Å²) in [6.07, 6.45) is -1.18. The third-order valence-corrected chi connectivity index (χ3v) is 4.52. The average Bonchev–Trinajstić information content (AvgIpc) is 2.82. The zero-order valence-electron chi connectivity index (χ0n) is 18.7. The van der Waals surface area contributed by atoms with Crippen molar-refractivity contribution in [2.75, 3.05) is 46.1 Å². The Morgan fingerprint density at radius 1 is 0.971 bits per heavy atom. The van der Waals surface area contributed by atoms with Gasteiger partial charge in [-0.25, -0.2) is 0 Å². The lowest BCUT2D eigenvalue weighted by Gasteiger charge is -2.29. The normalized spacial score (nSPS) is 16.3. The maximum absolute atomic E-state index is 12.3. The summed E-state index contributed by atoms with van der Waals surface area (Å²) in [5.41, 5.74) is 3.16. The number of carbonyl (C=O) groups is 5. The van der Waals surface area contributed by atoms with Crippen molar-refractivity contribution in [3.8, 4) is 0 Å². The minimum Gasteiger partial charge on any atom is -0.396 e. The highest BCUT2D eigenvalue weighted by atomic mass is 16.3. The first-order valence-electron chi connectivity index (χ1n) is 10.2. The SMILES string of the molecule is CC(CO)C(=O)NC(C=O)(CO)CNCC(O)NC(CO)C(=O)NC(CO)C(=O)NCC(N)=O. The van der Waals surface area contributed by atoms with Crippen LogP contribution in [0.3, 0.4) is 0 Å². The molecule has 0 aliphatic heterocycles. The third kappa shape index (κ3) is 10.9. The fourth-order valence-corrected chi connectivity index (χ4v) is 2.40. The molecule has 0 aliphatic carbocycles. The third-order valence-electron chi connectivity index (χ3n) is 4.52. The number of nitrogens with two attached hydrogens (primary N) is 1. The number of rotatable bonds is 18. The number of hydrogen-bond acceptors (Lipinski definition) is 12. The van der Waals surface area contributed by atoms with E-state index in [9.17, 15) is 44.4 Å². The molecule has 0 bridgehead atoms. The van der Waals surface area contributed by atoms with E-state index in [0.29, 0.717) is 6.29 Å². The van der Waals surface area contributed by atoms with Crippen LogP contribution in [0.1, 0.15) is 6.92 Å². The molecule has 0 fully saturated rings. The van der Waals surface area contributed by atoms with Gasteiger partial charge in [0.1, 0.15) is 30.1 Å². The van der Waals surface area contributed by atoms with Crippen molar-refractivity contribution in [1.29, 1.82) is 0 Å². The van der Waals surface area contributed by atoms with Gasteiger partial charge in [-0.15, -0.1) is 0 Å². The Bertz CT molecular complexity index is 696. The molecule has 34 heavy (non-hydrogen) atoms. The van der Waals surface area contributed by atoms with Crippen molar-refractivity contribution < 1.29 is 49.5 Å². The van der Waals surface area contributed by atoms with Gasteiger partial charge in [-0.05, 0) is 0 Å². The highest BCUT2D eigenvalue weighted by Crippen LogP contribution is 2.03. The second-order valence-corrected chi connectivity index (χ2v) is 7.48. The number of carbonyl (C=O) groups excluding carboxylic acids is 5. The van der Waals surface area contributed by atoms with Crippen LogP contribution in [-0.2, 0) is 24.0 Å². The van der Waals surface area contributed by atoms with Gasteiger partial charge in [-0.3, -0.25) is 24.5 Å². The van der Waals surface area contributed by atoms with Crippen molar-refractivity contribution in [2.24, 2.45) is 11.7 Å². The van der Waals surface area contributed by atoms with E-state index in [1.54, 1.807) is 0 Å². The van der Waals surface area contributed by atoms with E-state index in [1.807, 2.05) is 0 Å². The molecule has 0 saturated heterocycles. The van der Waals surface area contributed by atoms with Crippen LogP contribution in [0.15, 0.2) is 0 Å². The first-order valence-corrected chi connectivity index (χ1v) is 10.2. The largest absolute Gasteiger partial charge is 0.396 e. The van der Waals surface area contributed by atoms with E-state index >= 15 is 0 Å². The van der Waals surface area contributed by atoms with Crippen molar-refractivity contribution in [3.63, 3.8) is 0 Å². The van der Waals surface area contributed by atoms with Gasteiger partial charge in [0.25, 0.3) is 0 Å². The maximum atomic E-state index is 12.3. The standard InChI is InChI=1S/C18H34N6O10/c1-10(4-25)15(32)24-18(8-28,9-29)7-20-3-14(31)22-12(6-27)17(34)23-11(5-26)16(33)21-2-13(19)30/h8,10-12,14,20,22,25-27,29,31H,2-7,9H2,1H3,(H2,19,30)(H,21,33)(H,23,34)(H,24,32). The molecule has 5 unspecified atom stereocenters. The fourth-order valence-electron chi connectivity index (χ4n) is 2.40. The molecular weight excluding hydrogens is 460 g/mol. The Morgan fingerprint density at radius 2 is 1.59 bits per heavy atom. The first kappa shape index (κ1) is 31.3. The molecule has 4 amide bonds. The quantitative estimate of drug-likeness (QED) is 0.0626. The summed E-state index contributed by atoms with van der Waals surface area (Å²) in [6, 6.07) is -2.88. The van der Waals surface area contributed by atoms with Crippen LogP contribution in [0.2, 0.25) is 0 Å². The van der Waals surface area contributed by atoms with E-state index in [2.05, 4.69) is 26.6 Å². The maximum Gasteiger partial charge on any atom is 0.245 e. The minimum atomic E-state index is -1.74. The number of aldehydes is 1. The highest BCUT2D eigenvalue weighted by molar-refractivity contribution is 5.91. The molecule has 0 rings (SSSR count). The van der Waals surface area contributed by atoms with E-state index in [4.69, 9.17) is 10.8 Å². The molecule has 12 N–H and O–H groups in total. The van der Waals surface area contributed by atoms with Crippen LogP contribution in [0.4, 0.5) is 0 Å². The van der Waals surface area contributed by atoms with Crippen molar-refractivity contribution in [1.82, 2.24) is 26.6 Å². The molecule has 0 aromatic carbocycles. The van der Waals surface area contributed by atoms with Gasteiger partial charge in [0.05, 0.1) is 38.9 Å². The Balaban J connectivity index is 4.84. The molecule has 0 aromatic rings. The zero-order valence-corrected chi connectivity index (χ0v) is 18.7. The minimum absolute atomic E-state index is 0.296. The number of aliphatic hydroxyl groups excluding tert-OH is 5. The highest BCUT2D eigenvalue weighted by Gasteiger charge is 2.32. The molecule has 0 radical (unpaired) electrons. The first-order chi connectivity index (χ1) is 16.0. The molecule has 0 aliphatic rings. The monoisotopic (exact) mass is 494 g/mol. The molecule has 16 heteroatoms. The van der Waals surface area contributed by atoms with Crippen molar-refractivity contribution >= 4 is 29.9 Å². The summed E-state index contributed by atoms with van der Waals surface area (Å²) in [7, 11) is 0. The Morgan fingerprint density at radius 3 is 2.06 bits per heavy atom. The Labute approximate surface area is 195 Å². The summed E-state index contributed by atoms with van der Waals surface area (Å²) in [4.78, 5) is 58.2. The van der Waals surface area contributed by atoms with Crippen LogP contribution >= 0.6 is 0 Å². The predicted octanol–water partition coefficient (Wildman–Crippen LogP) is -7.40. The molecular formula is C18H34N6O10. The lowest BCUT2D eigenvalue weighted by molar-refractivity contribution is -0.132. The van der Waals surface area contributed by atoms with Crippen molar-refractivity contribution in [3.05, 3.63) is 0 Å². The van der Waals surface area contributed by atoms with E-state index < -0.39 is 86.4 Å². The number of hydrogen-bond donors (Lipinski definition) is 11. The smallest absolute Gasteiger partial charge is 0.245 e. The van der Waals surface area contributed by atoms with Gasteiger partial charge in [0.15, 0.2) is 0 Å². The second-order valence-electron chi connectivity index (χ2n) is 7.48. The zero-order chi connectivity index (χ0) is 26.3. The van der Waals surface area contributed by atoms with Gasteiger partial charge in [-0.2, -0.15) is 0 Å². The summed E-state index contributed by atoms with van der Waals surface area (Å²) in [6.45, 7) is -2.64. The topological polar surface area (TPSA) is 273 Å². The number of aliphatic hydroxyl groups is 5. The molecule has 0 saturated carbocycles. The van der Waals surface area contributed by atoms with Crippen LogP contribution < -0.4 is 32.3 Å². The summed E-state index contributed by atoms with van der Waals surface area (Å²) in [5.74, 6) is -4.22. The second kappa shape index (κ2) is 16.0. The summed E-state index contributed by atoms with van der Waals surface area (Å²) < 4.78 is 0. The Kier molecular flexibility index (Phi) is 14.7. The molecule has 196 valence electrons. The molecule has 16 nitrogen and oxygen atoms in total. The Hall–Kier alpha value is -2.73. The lowest BCUT2D eigenvalue weighted by atomic mass is 10.0. The van der Waals surface area contributed by atoms with Crippen LogP contribution in [0, 0.1) is 5.92 Å². The van der Waals surface area contributed by atoms with Gasteiger partial charge < -0.3 is 57.3 Å². The van der Waals surface area contributed by atoms with Crippen LogP contribution in [0.5, 0.6) is 0 Å². The summed E-state index contributed by atoms with van der Waals surface area (Å²) >= 11 is 0. The number of primary amides is 1.